The van der Waals surface area contributed by atoms with Crippen molar-refractivity contribution in [3.8, 4) is 0 Å². The van der Waals surface area contributed by atoms with Crippen LogP contribution in [0.15, 0.2) is 42.5 Å². The van der Waals surface area contributed by atoms with Gasteiger partial charge in [0.05, 0.1) is 0 Å². The van der Waals surface area contributed by atoms with Crippen LogP contribution in [0.3, 0.4) is 0 Å². The lowest BCUT2D eigenvalue weighted by Gasteiger charge is -2.13. The van der Waals surface area contributed by atoms with Gasteiger partial charge in [-0.3, -0.25) is 9.59 Å². The lowest BCUT2D eigenvalue weighted by atomic mass is 10.1. The van der Waals surface area contributed by atoms with E-state index < -0.39 is 0 Å². The topological polar surface area (TPSA) is 61.4 Å². The average Bonchev–Trinajstić information content (AvgIpc) is 2.49. The Morgan fingerprint density at radius 3 is 2.17 bits per heavy atom. The molecule has 5 nitrogen and oxygen atoms in total. The lowest BCUT2D eigenvalue weighted by molar-refractivity contribution is -0.114. The summed E-state index contributed by atoms with van der Waals surface area (Å²) in [6.45, 7) is 3.32. The second kappa shape index (κ2) is 6.96. The summed E-state index contributed by atoms with van der Waals surface area (Å²) < 4.78 is 0. The third-order valence-electron chi connectivity index (χ3n) is 3.45. The van der Waals surface area contributed by atoms with Crippen LogP contribution in [0.25, 0.3) is 0 Å². The maximum atomic E-state index is 12.3. The Balaban J connectivity index is 2.15. The summed E-state index contributed by atoms with van der Waals surface area (Å²) in [5, 5.41) is 5.58. The zero-order valence-corrected chi connectivity index (χ0v) is 13.8. The number of carbonyl (C=O) groups is 2. The highest BCUT2D eigenvalue weighted by molar-refractivity contribution is 6.05. The van der Waals surface area contributed by atoms with Crippen molar-refractivity contribution in [3.05, 3.63) is 53.6 Å². The molecule has 0 spiro atoms. The Labute approximate surface area is 136 Å². The number of amides is 2. The van der Waals surface area contributed by atoms with E-state index in [0.717, 1.165) is 16.9 Å². The predicted octanol–water partition coefficient (Wildman–Crippen LogP) is 3.27. The summed E-state index contributed by atoms with van der Waals surface area (Å²) in [7, 11) is 3.92. The number of benzene rings is 2. The Morgan fingerprint density at radius 2 is 1.61 bits per heavy atom. The fourth-order valence-electron chi connectivity index (χ4n) is 2.13. The molecule has 2 amide bonds. The molecule has 0 aliphatic carbocycles. The van der Waals surface area contributed by atoms with Crippen LogP contribution >= 0.6 is 0 Å². The second-order valence-corrected chi connectivity index (χ2v) is 5.61. The molecule has 0 saturated carbocycles. The Morgan fingerprint density at radius 1 is 0.957 bits per heavy atom. The smallest absolute Gasteiger partial charge is 0.255 e. The molecule has 0 heterocycles. The molecule has 0 aliphatic rings. The minimum Gasteiger partial charge on any atom is -0.378 e. The van der Waals surface area contributed by atoms with Gasteiger partial charge in [0.25, 0.3) is 5.91 Å². The van der Waals surface area contributed by atoms with Crippen LogP contribution < -0.4 is 15.5 Å². The van der Waals surface area contributed by atoms with Crippen LogP contribution in [0, 0.1) is 6.92 Å². The third kappa shape index (κ3) is 4.32. The van der Waals surface area contributed by atoms with E-state index >= 15 is 0 Å². The molecule has 0 radical (unpaired) electrons. The van der Waals surface area contributed by atoms with Crippen LogP contribution in [-0.2, 0) is 4.79 Å². The van der Waals surface area contributed by atoms with Crippen molar-refractivity contribution in [1.29, 1.82) is 0 Å². The highest BCUT2D eigenvalue weighted by Gasteiger charge is 2.09. The van der Waals surface area contributed by atoms with Gasteiger partial charge in [0.2, 0.25) is 5.91 Å². The molecule has 5 heteroatoms. The molecule has 0 saturated heterocycles. The van der Waals surface area contributed by atoms with Crippen molar-refractivity contribution >= 4 is 28.9 Å². The summed E-state index contributed by atoms with van der Waals surface area (Å²) in [5.74, 6) is -0.376. The molecule has 2 aromatic carbocycles. The summed E-state index contributed by atoms with van der Waals surface area (Å²) >= 11 is 0. The first-order chi connectivity index (χ1) is 10.9. The van der Waals surface area contributed by atoms with E-state index in [1.54, 1.807) is 12.1 Å². The number of nitrogens with one attached hydrogen (secondary N) is 2. The Hall–Kier alpha value is -2.82. The normalized spacial score (nSPS) is 10.1. The van der Waals surface area contributed by atoms with E-state index in [1.165, 1.54) is 6.92 Å². The molecule has 0 atom stereocenters. The van der Waals surface area contributed by atoms with Crippen molar-refractivity contribution < 1.29 is 9.59 Å². The maximum Gasteiger partial charge on any atom is 0.255 e. The summed E-state index contributed by atoms with van der Waals surface area (Å²) in [6, 6.07) is 12.8. The van der Waals surface area contributed by atoms with Crippen molar-refractivity contribution in [2.45, 2.75) is 13.8 Å². The summed E-state index contributed by atoms with van der Waals surface area (Å²) in [6.07, 6.45) is 0. The van der Waals surface area contributed by atoms with Crippen molar-refractivity contribution in [1.82, 2.24) is 0 Å². The first kappa shape index (κ1) is 16.5. The van der Waals surface area contributed by atoms with E-state index in [9.17, 15) is 9.59 Å². The number of nitrogens with zero attached hydrogens (tertiary/aromatic N) is 1. The number of rotatable bonds is 4. The molecule has 120 valence electrons. The standard InChI is InChI=1S/C18H21N3O2/c1-12-5-6-14(11-17(12)19-13(2)22)18(23)20-15-7-9-16(10-8-15)21(3)4/h5-11H,1-4H3,(H,19,22)(H,20,23). The van der Waals surface area contributed by atoms with Gasteiger partial charge in [-0.15, -0.1) is 0 Å². The number of hydrogen-bond acceptors (Lipinski definition) is 3. The largest absolute Gasteiger partial charge is 0.378 e. The van der Waals surface area contributed by atoms with Gasteiger partial charge >= 0.3 is 0 Å². The van der Waals surface area contributed by atoms with Gasteiger partial charge in [-0.1, -0.05) is 6.07 Å². The zero-order valence-electron chi connectivity index (χ0n) is 13.8. The Bertz CT molecular complexity index is 722. The quantitative estimate of drug-likeness (QED) is 0.911. The molecular formula is C18H21N3O2. The molecule has 0 bridgehead atoms. The maximum absolute atomic E-state index is 12.3. The summed E-state index contributed by atoms with van der Waals surface area (Å²) in [4.78, 5) is 25.5. The highest BCUT2D eigenvalue weighted by atomic mass is 16.2. The van der Waals surface area contributed by atoms with Crippen molar-refractivity contribution in [3.63, 3.8) is 0 Å². The van der Waals surface area contributed by atoms with E-state index in [4.69, 9.17) is 0 Å². The summed E-state index contributed by atoms with van der Waals surface area (Å²) in [5.41, 5.74) is 3.84. The van der Waals surface area contributed by atoms with Gasteiger partial charge in [0.15, 0.2) is 0 Å². The van der Waals surface area contributed by atoms with E-state index in [1.807, 2.05) is 56.3 Å². The number of carbonyl (C=O) groups excluding carboxylic acids is 2. The van der Waals surface area contributed by atoms with Crippen molar-refractivity contribution in [2.24, 2.45) is 0 Å². The fourth-order valence-corrected chi connectivity index (χ4v) is 2.13. The second-order valence-electron chi connectivity index (χ2n) is 5.61. The van der Waals surface area contributed by atoms with Gasteiger partial charge < -0.3 is 15.5 Å². The lowest BCUT2D eigenvalue weighted by Crippen LogP contribution is -2.14. The fraction of sp³-hybridized carbons (Fsp3) is 0.222. The van der Waals surface area contributed by atoms with Gasteiger partial charge in [-0.25, -0.2) is 0 Å². The highest BCUT2D eigenvalue weighted by Crippen LogP contribution is 2.19. The molecule has 0 unspecified atom stereocenters. The molecule has 0 fully saturated rings. The molecule has 2 N–H and O–H groups in total. The molecule has 2 rings (SSSR count). The Kier molecular flexibility index (Phi) is 5.01. The molecule has 0 aromatic heterocycles. The minimum atomic E-state index is -0.214. The van der Waals surface area contributed by atoms with Crippen LogP contribution in [0.4, 0.5) is 17.1 Å². The van der Waals surface area contributed by atoms with Crippen LogP contribution in [0.2, 0.25) is 0 Å². The van der Waals surface area contributed by atoms with Crippen molar-refractivity contribution in [2.75, 3.05) is 29.6 Å². The number of hydrogen-bond donors (Lipinski definition) is 2. The molecule has 2 aromatic rings. The number of aryl methyl sites for hydroxylation is 1. The van der Waals surface area contributed by atoms with Crippen LogP contribution in [-0.4, -0.2) is 25.9 Å². The van der Waals surface area contributed by atoms with Gasteiger partial charge in [0, 0.05) is 43.6 Å². The van der Waals surface area contributed by atoms with Gasteiger partial charge in [0.1, 0.15) is 0 Å². The van der Waals surface area contributed by atoms with E-state index in [0.29, 0.717) is 11.3 Å². The zero-order chi connectivity index (χ0) is 17.0. The van der Waals surface area contributed by atoms with E-state index in [-0.39, 0.29) is 11.8 Å². The van der Waals surface area contributed by atoms with Gasteiger partial charge in [-0.05, 0) is 48.9 Å². The SMILES string of the molecule is CC(=O)Nc1cc(C(=O)Nc2ccc(N(C)C)cc2)ccc1C. The molecule has 0 aliphatic heterocycles. The third-order valence-corrected chi connectivity index (χ3v) is 3.45. The molecule has 23 heavy (non-hydrogen) atoms. The van der Waals surface area contributed by atoms with E-state index in [2.05, 4.69) is 10.6 Å². The first-order valence-corrected chi connectivity index (χ1v) is 7.34. The van der Waals surface area contributed by atoms with Gasteiger partial charge in [-0.2, -0.15) is 0 Å². The monoisotopic (exact) mass is 311 g/mol. The average molecular weight is 311 g/mol. The van der Waals surface area contributed by atoms with Crippen LogP contribution in [0.5, 0.6) is 0 Å². The number of anilines is 3. The molecular weight excluding hydrogens is 290 g/mol. The first-order valence-electron chi connectivity index (χ1n) is 7.34. The minimum absolute atomic E-state index is 0.162. The van der Waals surface area contributed by atoms with Crippen LogP contribution in [0.1, 0.15) is 22.8 Å². The predicted molar refractivity (Wildman–Crippen MR) is 94.2 cm³/mol.